The summed E-state index contributed by atoms with van der Waals surface area (Å²) in [7, 11) is 1.54. The number of benzene rings is 1. The van der Waals surface area contributed by atoms with Gasteiger partial charge in [-0.25, -0.2) is 4.79 Å². The van der Waals surface area contributed by atoms with Gasteiger partial charge in [0.15, 0.2) is 0 Å². The van der Waals surface area contributed by atoms with Crippen molar-refractivity contribution in [1.82, 2.24) is 4.90 Å². The van der Waals surface area contributed by atoms with Gasteiger partial charge in [-0.1, -0.05) is 6.07 Å². The Morgan fingerprint density at radius 2 is 2.21 bits per heavy atom. The standard InChI is InChI=1S/C12H17N3O4/c1-8-4-5-10(15(18)19)6-11(8)13-12(17)14(3)9(2)7-16/h4-6,9,16H,7H2,1-3H3,(H,13,17). The van der Waals surface area contributed by atoms with Crippen LogP contribution in [-0.2, 0) is 0 Å². The number of hydrogen-bond acceptors (Lipinski definition) is 4. The molecule has 0 radical (unpaired) electrons. The van der Waals surface area contributed by atoms with Gasteiger partial charge in [-0.15, -0.1) is 0 Å². The predicted molar refractivity (Wildman–Crippen MR) is 71.2 cm³/mol. The van der Waals surface area contributed by atoms with Gasteiger partial charge in [-0.3, -0.25) is 10.1 Å². The number of amides is 2. The van der Waals surface area contributed by atoms with E-state index < -0.39 is 11.0 Å². The van der Waals surface area contributed by atoms with Gasteiger partial charge in [0.05, 0.1) is 23.3 Å². The molecule has 2 amide bonds. The number of aliphatic hydroxyl groups excluding tert-OH is 1. The van der Waals surface area contributed by atoms with Crippen LogP contribution in [0, 0.1) is 17.0 Å². The lowest BCUT2D eigenvalue weighted by Gasteiger charge is -2.23. The summed E-state index contributed by atoms with van der Waals surface area (Å²) in [5.74, 6) is 0. The number of likely N-dealkylation sites (N-methyl/N-ethyl adjacent to an activating group) is 1. The Balaban J connectivity index is 2.90. The molecule has 0 aliphatic heterocycles. The Bertz CT molecular complexity index is 490. The highest BCUT2D eigenvalue weighted by molar-refractivity contribution is 5.90. The molecule has 0 aliphatic rings. The summed E-state index contributed by atoms with van der Waals surface area (Å²) in [5, 5.41) is 22.3. The second kappa shape index (κ2) is 6.14. The summed E-state index contributed by atoms with van der Waals surface area (Å²) in [4.78, 5) is 23.4. The number of nitro benzene ring substituents is 1. The SMILES string of the molecule is Cc1ccc([N+](=O)[O-])cc1NC(=O)N(C)C(C)CO. The Morgan fingerprint density at radius 3 is 2.74 bits per heavy atom. The maximum Gasteiger partial charge on any atom is 0.321 e. The predicted octanol–water partition coefficient (Wildman–Crippen LogP) is 1.75. The molecule has 0 saturated heterocycles. The Hall–Kier alpha value is -2.15. The summed E-state index contributed by atoms with van der Waals surface area (Å²) in [6, 6.07) is 3.50. The maximum atomic E-state index is 11.9. The average molecular weight is 267 g/mol. The normalized spacial score (nSPS) is 11.8. The molecule has 7 nitrogen and oxygen atoms in total. The number of aliphatic hydroxyl groups is 1. The van der Waals surface area contributed by atoms with E-state index >= 15 is 0 Å². The topological polar surface area (TPSA) is 95.7 Å². The van der Waals surface area contributed by atoms with E-state index in [1.54, 1.807) is 27.0 Å². The quantitative estimate of drug-likeness (QED) is 0.641. The van der Waals surface area contributed by atoms with Crippen molar-refractivity contribution < 1.29 is 14.8 Å². The lowest BCUT2D eigenvalue weighted by molar-refractivity contribution is -0.384. The van der Waals surface area contributed by atoms with Crippen LogP contribution in [0.3, 0.4) is 0 Å². The van der Waals surface area contributed by atoms with E-state index in [1.807, 2.05) is 0 Å². The maximum absolute atomic E-state index is 11.9. The number of non-ortho nitro benzene ring substituents is 1. The molecule has 1 unspecified atom stereocenters. The van der Waals surface area contributed by atoms with Crippen molar-refractivity contribution in [2.75, 3.05) is 19.0 Å². The first-order valence-electron chi connectivity index (χ1n) is 5.76. The lowest BCUT2D eigenvalue weighted by Crippen LogP contribution is -2.40. The van der Waals surface area contributed by atoms with Crippen molar-refractivity contribution in [3.8, 4) is 0 Å². The van der Waals surface area contributed by atoms with Gasteiger partial charge in [0.1, 0.15) is 0 Å². The molecule has 0 aliphatic carbocycles. The van der Waals surface area contributed by atoms with Crippen molar-refractivity contribution in [2.45, 2.75) is 19.9 Å². The number of carbonyl (C=O) groups is 1. The molecule has 2 N–H and O–H groups in total. The first-order chi connectivity index (χ1) is 8.86. The molecule has 1 aromatic carbocycles. The molecule has 1 aromatic rings. The molecule has 1 rings (SSSR count). The van der Waals surface area contributed by atoms with E-state index in [2.05, 4.69) is 5.32 Å². The number of anilines is 1. The molecule has 0 fully saturated rings. The Labute approximate surface area is 111 Å². The van der Waals surface area contributed by atoms with Crippen LogP contribution in [0.15, 0.2) is 18.2 Å². The molecule has 0 bridgehead atoms. The van der Waals surface area contributed by atoms with Crippen LogP contribution < -0.4 is 5.32 Å². The van der Waals surface area contributed by atoms with E-state index in [9.17, 15) is 14.9 Å². The highest BCUT2D eigenvalue weighted by Gasteiger charge is 2.17. The molecule has 1 atom stereocenters. The molecule has 7 heteroatoms. The largest absolute Gasteiger partial charge is 0.394 e. The van der Waals surface area contributed by atoms with Crippen LogP contribution in [0.2, 0.25) is 0 Å². The minimum atomic E-state index is -0.519. The van der Waals surface area contributed by atoms with E-state index in [0.29, 0.717) is 5.69 Å². The third-order valence-electron chi connectivity index (χ3n) is 2.92. The average Bonchev–Trinajstić information content (AvgIpc) is 2.38. The molecular weight excluding hydrogens is 250 g/mol. The van der Waals surface area contributed by atoms with E-state index in [1.165, 1.54) is 17.0 Å². The van der Waals surface area contributed by atoms with Crippen molar-refractivity contribution in [1.29, 1.82) is 0 Å². The highest BCUT2D eigenvalue weighted by Crippen LogP contribution is 2.22. The smallest absolute Gasteiger partial charge is 0.321 e. The van der Waals surface area contributed by atoms with Crippen LogP contribution >= 0.6 is 0 Å². The van der Waals surface area contributed by atoms with Crippen molar-refractivity contribution in [3.63, 3.8) is 0 Å². The first kappa shape index (κ1) is 14.9. The highest BCUT2D eigenvalue weighted by atomic mass is 16.6. The van der Waals surface area contributed by atoms with Crippen LogP contribution in [0.25, 0.3) is 0 Å². The second-order valence-corrected chi connectivity index (χ2v) is 4.33. The molecule has 0 aromatic heterocycles. The van der Waals surface area contributed by atoms with Gasteiger partial charge < -0.3 is 15.3 Å². The molecular formula is C12H17N3O4. The van der Waals surface area contributed by atoms with Crippen LogP contribution in [0.4, 0.5) is 16.2 Å². The lowest BCUT2D eigenvalue weighted by atomic mass is 10.2. The zero-order valence-electron chi connectivity index (χ0n) is 11.1. The minimum absolute atomic E-state index is 0.0845. The number of nitrogens with zero attached hydrogens (tertiary/aromatic N) is 2. The Kier molecular flexibility index (Phi) is 4.82. The molecule has 104 valence electrons. The molecule has 0 saturated carbocycles. The van der Waals surface area contributed by atoms with Crippen molar-refractivity contribution in [3.05, 3.63) is 33.9 Å². The number of rotatable bonds is 4. The molecule has 19 heavy (non-hydrogen) atoms. The fraction of sp³-hybridized carbons (Fsp3) is 0.417. The van der Waals surface area contributed by atoms with E-state index in [-0.39, 0.29) is 18.3 Å². The number of urea groups is 1. The van der Waals surface area contributed by atoms with E-state index in [0.717, 1.165) is 5.56 Å². The van der Waals surface area contributed by atoms with Crippen LogP contribution in [0.1, 0.15) is 12.5 Å². The summed E-state index contributed by atoms with van der Waals surface area (Å²) >= 11 is 0. The van der Waals surface area contributed by atoms with Gasteiger partial charge in [0.2, 0.25) is 0 Å². The van der Waals surface area contributed by atoms with Gasteiger partial charge in [-0.05, 0) is 19.4 Å². The minimum Gasteiger partial charge on any atom is -0.394 e. The third-order valence-corrected chi connectivity index (χ3v) is 2.92. The van der Waals surface area contributed by atoms with Crippen molar-refractivity contribution >= 4 is 17.4 Å². The number of aryl methyl sites for hydroxylation is 1. The zero-order valence-corrected chi connectivity index (χ0v) is 11.1. The van der Waals surface area contributed by atoms with Gasteiger partial charge in [0, 0.05) is 19.2 Å². The Morgan fingerprint density at radius 1 is 1.58 bits per heavy atom. The second-order valence-electron chi connectivity index (χ2n) is 4.33. The number of nitro groups is 1. The number of nitrogens with one attached hydrogen (secondary N) is 1. The fourth-order valence-electron chi connectivity index (χ4n) is 1.38. The summed E-state index contributed by atoms with van der Waals surface area (Å²) in [6.07, 6.45) is 0. The molecule has 0 spiro atoms. The first-order valence-corrected chi connectivity index (χ1v) is 5.76. The summed E-state index contributed by atoms with van der Waals surface area (Å²) in [6.45, 7) is 3.28. The summed E-state index contributed by atoms with van der Waals surface area (Å²) < 4.78 is 0. The van der Waals surface area contributed by atoms with E-state index in [4.69, 9.17) is 5.11 Å². The number of carbonyl (C=O) groups excluding carboxylic acids is 1. The van der Waals surface area contributed by atoms with Gasteiger partial charge >= 0.3 is 6.03 Å². The van der Waals surface area contributed by atoms with Crippen LogP contribution in [-0.4, -0.2) is 40.7 Å². The van der Waals surface area contributed by atoms with Crippen molar-refractivity contribution in [2.24, 2.45) is 0 Å². The van der Waals surface area contributed by atoms with Gasteiger partial charge in [-0.2, -0.15) is 0 Å². The third kappa shape index (κ3) is 3.65. The van der Waals surface area contributed by atoms with Gasteiger partial charge in [0.25, 0.3) is 5.69 Å². The monoisotopic (exact) mass is 267 g/mol. The fourth-order valence-corrected chi connectivity index (χ4v) is 1.38. The zero-order chi connectivity index (χ0) is 14.6. The molecule has 0 heterocycles. The van der Waals surface area contributed by atoms with Crippen LogP contribution in [0.5, 0.6) is 0 Å². The summed E-state index contributed by atoms with van der Waals surface area (Å²) in [5.41, 5.74) is 1.03. The number of hydrogen-bond donors (Lipinski definition) is 2.